The fourth-order valence-electron chi connectivity index (χ4n) is 2.09. The Bertz CT molecular complexity index is 716. The van der Waals surface area contributed by atoms with E-state index in [1.165, 1.54) is 0 Å². The second-order valence-electron chi connectivity index (χ2n) is 5.51. The third kappa shape index (κ3) is 4.78. The molecular weight excluding hydrogens is 328 g/mol. The zero-order valence-corrected chi connectivity index (χ0v) is 14.2. The molecule has 1 aromatic heterocycles. The molecule has 0 aliphatic heterocycles. The standard InChI is InChI=1S/C17H19ClN4O2/c1-11(22(2)10-12-3-8-15(18)20-9-12)17(24)21-14-6-4-13(5-7-14)16(19)23/h3-9,11H,10H2,1-2H3,(H2,19,23)(H,21,24)/t11-/m1/s1. The predicted molar refractivity (Wildman–Crippen MR) is 93.8 cm³/mol. The van der Waals surface area contributed by atoms with E-state index in [2.05, 4.69) is 10.3 Å². The van der Waals surface area contributed by atoms with Crippen LogP contribution >= 0.6 is 11.6 Å². The first-order valence-corrected chi connectivity index (χ1v) is 7.76. The van der Waals surface area contributed by atoms with Crippen molar-refractivity contribution in [1.29, 1.82) is 0 Å². The number of amides is 2. The summed E-state index contributed by atoms with van der Waals surface area (Å²) in [7, 11) is 1.86. The van der Waals surface area contributed by atoms with Crippen LogP contribution < -0.4 is 11.1 Å². The largest absolute Gasteiger partial charge is 0.366 e. The number of rotatable bonds is 6. The van der Waals surface area contributed by atoms with Gasteiger partial charge in [-0.15, -0.1) is 0 Å². The minimum atomic E-state index is -0.502. The minimum absolute atomic E-state index is 0.147. The molecule has 1 heterocycles. The van der Waals surface area contributed by atoms with E-state index < -0.39 is 5.91 Å². The second-order valence-corrected chi connectivity index (χ2v) is 5.90. The van der Waals surface area contributed by atoms with Crippen LogP contribution in [-0.4, -0.2) is 34.8 Å². The zero-order chi connectivity index (χ0) is 17.7. The van der Waals surface area contributed by atoms with Crippen molar-refractivity contribution in [3.05, 3.63) is 58.9 Å². The Morgan fingerprint density at radius 2 is 1.92 bits per heavy atom. The highest BCUT2D eigenvalue weighted by atomic mass is 35.5. The molecule has 1 aromatic carbocycles. The van der Waals surface area contributed by atoms with Crippen LogP contribution in [0, 0.1) is 0 Å². The molecule has 0 unspecified atom stereocenters. The summed E-state index contributed by atoms with van der Waals surface area (Å²) in [5, 5.41) is 3.25. The van der Waals surface area contributed by atoms with Gasteiger partial charge in [0, 0.05) is 24.0 Å². The van der Waals surface area contributed by atoms with E-state index in [1.807, 2.05) is 24.9 Å². The van der Waals surface area contributed by atoms with Crippen molar-refractivity contribution in [3.63, 3.8) is 0 Å². The van der Waals surface area contributed by atoms with Gasteiger partial charge in [0.1, 0.15) is 5.15 Å². The van der Waals surface area contributed by atoms with Gasteiger partial charge in [0.15, 0.2) is 0 Å². The average Bonchev–Trinajstić information content (AvgIpc) is 2.56. The number of anilines is 1. The summed E-state index contributed by atoms with van der Waals surface area (Å²) >= 11 is 5.76. The molecule has 0 spiro atoms. The number of primary amides is 1. The molecule has 0 saturated heterocycles. The molecule has 1 atom stereocenters. The number of nitrogens with two attached hydrogens (primary N) is 1. The summed E-state index contributed by atoms with van der Waals surface area (Å²) in [6, 6.07) is 9.69. The Kier molecular flexibility index (Phi) is 5.89. The lowest BCUT2D eigenvalue weighted by molar-refractivity contribution is -0.120. The highest BCUT2D eigenvalue weighted by Gasteiger charge is 2.18. The molecule has 2 amide bonds. The smallest absolute Gasteiger partial charge is 0.248 e. The number of hydrogen-bond acceptors (Lipinski definition) is 4. The van der Waals surface area contributed by atoms with Gasteiger partial charge in [0.05, 0.1) is 6.04 Å². The topological polar surface area (TPSA) is 88.3 Å². The number of aromatic nitrogens is 1. The van der Waals surface area contributed by atoms with Crippen molar-refractivity contribution in [2.45, 2.75) is 19.5 Å². The monoisotopic (exact) mass is 346 g/mol. The van der Waals surface area contributed by atoms with Gasteiger partial charge in [-0.25, -0.2) is 4.98 Å². The van der Waals surface area contributed by atoms with Crippen LogP contribution in [0.25, 0.3) is 0 Å². The first-order chi connectivity index (χ1) is 11.4. The lowest BCUT2D eigenvalue weighted by Gasteiger charge is -2.23. The molecule has 0 aliphatic rings. The van der Waals surface area contributed by atoms with E-state index in [9.17, 15) is 9.59 Å². The summed E-state index contributed by atoms with van der Waals surface area (Å²) in [4.78, 5) is 29.3. The van der Waals surface area contributed by atoms with Crippen molar-refractivity contribution in [2.75, 3.05) is 12.4 Å². The summed E-state index contributed by atoms with van der Waals surface area (Å²) in [5.41, 5.74) is 7.16. The zero-order valence-electron chi connectivity index (χ0n) is 13.5. The maximum Gasteiger partial charge on any atom is 0.248 e. The quantitative estimate of drug-likeness (QED) is 0.785. The Balaban J connectivity index is 1.95. The Hall–Kier alpha value is -2.44. The van der Waals surface area contributed by atoms with Crippen LogP contribution in [-0.2, 0) is 11.3 Å². The minimum Gasteiger partial charge on any atom is -0.366 e. The first kappa shape index (κ1) is 17.9. The number of benzene rings is 1. The number of carbonyl (C=O) groups is 2. The summed E-state index contributed by atoms with van der Waals surface area (Å²) in [6.07, 6.45) is 1.69. The summed E-state index contributed by atoms with van der Waals surface area (Å²) < 4.78 is 0. The van der Waals surface area contributed by atoms with Gasteiger partial charge in [-0.2, -0.15) is 0 Å². The van der Waals surface area contributed by atoms with Crippen molar-refractivity contribution < 1.29 is 9.59 Å². The maximum absolute atomic E-state index is 12.3. The van der Waals surface area contributed by atoms with Gasteiger partial charge in [-0.3, -0.25) is 14.5 Å². The fourth-order valence-corrected chi connectivity index (χ4v) is 2.20. The lowest BCUT2D eigenvalue weighted by Crippen LogP contribution is -2.39. The first-order valence-electron chi connectivity index (χ1n) is 7.38. The Labute approximate surface area is 145 Å². The average molecular weight is 347 g/mol. The molecule has 24 heavy (non-hydrogen) atoms. The molecule has 3 N–H and O–H groups in total. The molecule has 2 aromatic rings. The molecule has 0 radical (unpaired) electrons. The number of pyridine rings is 1. The second kappa shape index (κ2) is 7.90. The third-order valence-corrected chi connectivity index (χ3v) is 3.92. The molecular formula is C17H19ClN4O2. The lowest BCUT2D eigenvalue weighted by atomic mass is 10.2. The van der Waals surface area contributed by atoms with Crippen LogP contribution in [0.2, 0.25) is 5.15 Å². The normalized spacial score (nSPS) is 12.0. The van der Waals surface area contributed by atoms with Crippen molar-refractivity contribution in [2.24, 2.45) is 5.73 Å². The Morgan fingerprint density at radius 1 is 1.25 bits per heavy atom. The molecule has 7 heteroatoms. The molecule has 0 bridgehead atoms. The van der Waals surface area contributed by atoms with E-state index >= 15 is 0 Å². The number of halogens is 1. The molecule has 0 aliphatic carbocycles. The SMILES string of the molecule is C[C@H](C(=O)Nc1ccc(C(N)=O)cc1)N(C)Cc1ccc(Cl)nc1. The number of hydrogen-bond donors (Lipinski definition) is 2. The summed E-state index contributed by atoms with van der Waals surface area (Å²) in [5.74, 6) is -0.649. The number of nitrogens with zero attached hydrogens (tertiary/aromatic N) is 2. The predicted octanol–water partition coefficient (Wildman–Crippen LogP) is 2.29. The Morgan fingerprint density at radius 3 is 2.46 bits per heavy atom. The van der Waals surface area contributed by atoms with Crippen LogP contribution in [0.5, 0.6) is 0 Å². The maximum atomic E-state index is 12.3. The van der Waals surface area contributed by atoms with Crippen molar-refractivity contribution in [3.8, 4) is 0 Å². The molecule has 0 saturated carbocycles. The molecule has 0 fully saturated rings. The third-order valence-electron chi connectivity index (χ3n) is 3.70. The van der Waals surface area contributed by atoms with Crippen molar-refractivity contribution in [1.82, 2.24) is 9.88 Å². The van der Waals surface area contributed by atoms with Crippen LogP contribution in [0.4, 0.5) is 5.69 Å². The van der Waals surface area contributed by atoms with E-state index in [0.29, 0.717) is 22.9 Å². The summed E-state index contributed by atoms with van der Waals surface area (Å²) in [6.45, 7) is 2.38. The van der Waals surface area contributed by atoms with Crippen LogP contribution in [0.15, 0.2) is 42.6 Å². The molecule has 6 nitrogen and oxygen atoms in total. The highest BCUT2D eigenvalue weighted by molar-refractivity contribution is 6.29. The van der Waals surface area contributed by atoms with Gasteiger partial charge in [-0.1, -0.05) is 17.7 Å². The van der Waals surface area contributed by atoms with E-state index in [1.54, 1.807) is 36.5 Å². The molecule has 2 rings (SSSR count). The molecule has 126 valence electrons. The highest BCUT2D eigenvalue weighted by Crippen LogP contribution is 2.12. The van der Waals surface area contributed by atoms with Crippen LogP contribution in [0.1, 0.15) is 22.8 Å². The van der Waals surface area contributed by atoms with E-state index in [0.717, 1.165) is 5.56 Å². The number of nitrogens with one attached hydrogen (secondary N) is 1. The van der Waals surface area contributed by atoms with Gasteiger partial charge in [0.25, 0.3) is 0 Å². The van der Waals surface area contributed by atoms with Gasteiger partial charge in [0.2, 0.25) is 11.8 Å². The van der Waals surface area contributed by atoms with Gasteiger partial charge in [-0.05, 0) is 49.9 Å². The van der Waals surface area contributed by atoms with E-state index in [-0.39, 0.29) is 11.9 Å². The number of carbonyl (C=O) groups excluding carboxylic acids is 2. The van der Waals surface area contributed by atoms with Crippen molar-refractivity contribution >= 4 is 29.1 Å². The van der Waals surface area contributed by atoms with Gasteiger partial charge < -0.3 is 11.1 Å². The fraction of sp³-hybridized carbons (Fsp3) is 0.235. The van der Waals surface area contributed by atoms with Gasteiger partial charge >= 0.3 is 0 Å². The van der Waals surface area contributed by atoms with E-state index in [4.69, 9.17) is 17.3 Å². The van der Waals surface area contributed by atoms with Crippen LogP contribution in [0.3, 0.4) is 0 Å². The number of likely N-dealkylation sites (N-methyl/N-ethyl adjacent to an activating group) is 1.